The van der Waals surface area contributed by atoms with Crippen LogP contribution in [0, 0.1) is 17.3 Å². The van der Waals surface area contributed by atoms with Crippen LogP contribution in [-0.2, 0) is 9.59 Å². The SMILES string of the molecule is CC(C)CNC(=O)[C@@H]1[C@@H](C(=O)NO)CC2(CC2)CN1C. The van der Waals surface area contributed by atoms with Crippen LogP contribution < -0.4 is 10.8 Å². The predicted molar refractivity (Wildman–Crippen MR) is 74.0 cm³/mol. The number of amides is 2. The molecule has 1 saturated carbocycles. The first kappa shape index (κ1) is 15.3. The number of hydrogen-bond acceptors (Lipinski definition) is 4. The van der Waals surface area contributed by atoms with Crippen molar-refractivity contribution in [2.24, 2.45) is 17.3 Å². The summed E-state index contributed by atoms with van der Waals surface area (Å²) in [5.74, 6) is -0.682. The van der Waals surface area contributed by atoms with Crippen molar-refractivity contribution < 1.29 is 14.8 Å². The van der Waals surface area contributed by atoms with E-state index in [2.05, 4.69) is 5.32 Å². The predicted octanol–water partition coefficient (Wildman–Crippen LogP) is 0.365. The van der Waals surface area contributed by atoms with E-state index < -0.39 is 17.9 Å². The Bertz CT molecular complexity index is 393. The molecular formula is C14H25N3O3. The van der Waals surface area contributed by atoms with Crippen LogP contribution in [0.15, 0.2) is 0 Å². The molecule has 1 heterocycles. The van der Waals surface area contributed by atoms with Crippen LogP contribution in [0.5, 0.6) is 0 Å². The Morgan fingerprint density at radius 1 is 1.35 bits per heavy atom. The van der Waals surface area contributed by atoms with Gasteiger partial charge in [-0.15, -0.1) is 0 Å². The minimum absolute atomic E-state index is 0.120. The fourth-order valence-corrected chi connectivity index (χ4v) is 3.23. The van der Waals surface area contributed by atoms with Gasteiger partial charge in [-0.05, 0) is 37.6 Å². The van der Waals surface area contributed by atoms with Crippen molar-refractivity contribution in [2.45, 2.75) is 39.2 Å². The molecule has 0 aromatic carbocycles. The van der Waals surface area contributed by atoms with Crippen molar-refractivity contribution in [1.82, 2.24) is 15.7 Å². The van der Waals surface area contributed by atoms with E-state index in [4.69, 9.17) is 5.21 Å². The Kier molecular flexibility index (Phi) is 4.34. The lowest BCUT2D eigenvalue weighted by Gasteiger charge is -2.41. The third-order valence-electron chi connectivity index (χ3n) is 4.45. The Hall–Kier alpha value is -1.14. The Morgan fingerprint density at radius 2 is 2.00 bits per heavy atom. The van der Waals surface area contributed by atoms with E-state index in [0.29, 0.717) is 18.9 Å². The summed E-state index contributed by atoms with van der Waals surface area (Å²) in [6.45, 7) is 5.51. The summed E-state index contributed by atoms with van der Waals surface area (Å²) in [6, 6.07) is -0.493. The van der Waals surface area contributed by atoms with Gasteiger partial charge in [0.25, 0.3) is 0 Å². The molecule has 114 valence electrons. The molecule has 6 nitrogen and oxygen atoms in total. The summed E-state index contributed by atoms with van der Waals surface area (Å²) >= 11 is 0. The van der Waals surface area contributed by atoms with Crippen LogP contribution in [0.1, 0.15) is 33.1 Å². The molecule has 0 aromatic heterocycles. The fraction of sp³-hybridized carbons (Fsp3) is 0.857. The summed E-state index contributed by atoms with van der Waals surface area (Å²) in [5.41, 5.74) is 1.91. The highest BCUT2D eigenvalue weighted by molar-refractivity contribution is 5.90. The van der Waals surface area contributed by atoms with Crippen LogP contribution >= 0.6 is 0 Å². The molecule has 3 N–H and O–H groups in total. The zero-order valence-electron chi connectivity index (χ0n) is 12.5. The van der Waals surface area contributed by atoms with Gasteiger partial charge in [-0.3, -0.25) is 19.7 Å². The highest BCUT2D eigenvalue weighted by atomic mass is 16.5. The smallest absolute Gasteiger partial charge is 0.248 e. The zero-order chi connectivity index (χ0) is 14.9. The molecule has 1 aliphatic carbocycles. The zero-order valence-corrected chi connectivity index (χ0v) is 12.5. The minimum atomic E-state index is -0.493. The number of hydroxylamine groups is 1. The van der Waals surface area contributed by atoms with Crippen LogP contribution in [0.4, 0.5) is 0 Å². The molecule has 0 bridgehead atoms. The van der Waals surface area contributed by atoms with Crippen molar-refractivity contribution in [3.63, 3.8) is 0 Å². The largest absolute Gasteiger partial charge is 0.354 e. The van der Waals surface area contributed by atoms with Gasteiger partial charge in [-0.2, -0.15) is 0 Å². The number of nitrogens with one attached hydrogen (secondary N) is 2. The van der Waals surface area contributed by atoms with E-state index in [-0.39, 0.29) is 11.3 Å². The number of carbonyl (C=O) groups is 2. The van der Waals surface area contributed by atoms with E-state index in [1.165, 1.54) is 0 Å². The lowest BCUT2D eigenvalue weighted by molar-refractivity contribution is -0.145. The van der Waals surface area contributed by atoms with E-state index in [9.17, 15) is 9.59 Å². The molecule has 1 aliphatic heterocycles. The molecule has 0 unspecified atom stereocenters. The monoisotopic (exact) mass is 283 g/mol. The quantitative estimate of drug-likeness (QED) is 0.514. The molecule has 2 atom stereocenters. The molecule has 2 rings (SSSR count). The average molecular weight is 283 g/mol. The number of piperidine rings is 1. The van der Waals surface area contributed by atoms with Crippen molar-refractivity contribution in [2.75, 3.05) is 20.1 Å². The molecule has 0 aromatic rings. The highest BCUT2D eigenvalue weighted by Gasteiger charge is 2.54. The molecule has 6 heteroatoms. The standard InChI is InChI=1S/C14H25N3O3/c1-9(2)7-15-13(19)11-10(12(18)16-20)6-14(4-5-14)8-17(11)3/h9-11,20H,4-8H2,1-3H3,(H,15,19)(H,16,18)/t10-,11-/m0/s1. The summed E-state index contributed by atoms with van der Waals surface area (Å²) in [5, 5.41) is 11.8. The fourth-order valence-electron chi connectivity index (χ4n) is 3.23. The molecule has 2 amide bonds. The molecule has 2 aliphatic rings. The third kappa shape index (κ3) is 3.12. The number of carbonyl (C=O) groups excluding carboxylic acids is 2. The summed E-state index contributed by atoms with van der Waals surface area (Å²) in [4.78, 5) is 26.2. The van der Waals surface area contributed by atoms with Crippen LogP contribution in [-0.4, -0.2) is 48.1 Å². The number of likely N-dealkylation sites (N-methyl/N-ethyl adjacent to an activating group) is 1. The van der Waals surface area contributed by atoms with Crippen LogP contribution in [0.3, 0.4) is 0 Å². The lowest BCUT2D eigenvalue weighted by atomic mass is 9.80. The number of nitrogens with zero attached hydrogens (tertiary/aromatic N) is 1. The highest BCUT2D eigenvalue weighted by Crippen LogP contribution is 2.54. The molecule has 1 saturated heterocycles. The second-order valence-corrected chi connectivity index (χ2v) is 6.79. The normalized spacial score (nSPS) is 28.4. The Labute approximate surface area is 119 Å². The third-order valence-corrected chi connectivity index (χ3v) is 4.45. The molecule has 1 spiro atoms. The average Bonchev–Trinajstić information content (AvgIpc) is 3.13. The first-order chi connectivity index (χ1) is 9.38. The van der Waals surface area contributed by atoms with Crippen molar-refractivity contribution in [1.29, 1.82) is 0 Å². The summed E-state index contributed by atoms with van der Waals surface area (Å²) in [6.07, 6.45) is 2.89. The summed E-state index contributed by atoms with van der Waals surface area (Å²) < 4.78 is 0. The maximum Gasteiger partial charge on any atom is 0.248 e. The minimum Gasteiger partial charge on any atom is -0.354 e. The van der Waals surface area contributed by atoms with Gasteiger partial charge >= 0.3 is 0 Å². The van der Waals surface area contributed by atoms with Gasteiger partial charge in [0.2, 0.25) is 11.8 Å². The molecule has 20 heavy (non-hydrogen) atoms. The first-order valence-electron chi connectivity index (χ1n) is 7.30. The number of rotatable bonds is 4. The van der Waals surface area contributed by atoms with Gasteiger partial charge in [0.1, 0.15) is 6.04 Å². The second kappa shape index (κ2) is 5.69. The molecule has 2 fully saturated rings. The van der Waals surface area contributed by atoms with Gasteiger partial charge in [0.05, 0.1) is 5.92 Å². The van der Waals surface area contributed by atoms with E-state index in [0.717, 1.165) is 19.4 Å². The Balaban J connectivity index is 2.09. The van der Waals surface area contributed by atoms with Gasteiger partial charge in [0, 0.05) is 13.1 Å². The van der Waals surface area contributed by atoms with Gasteiger partial charge in [-0.1, -0.05) is 13.8 Å². The van der Waals surface area contributed by atoms with Crippen molar-refractivity contribution in [3.8, 4) is 0 Å². The van der Waals surface area contributed by atoms with Gasteiger partial charge in [0.15, 0.2) is 0 Å². The van der Waals surface area contributed by atoms with E-state index >= 15 is 0 Å². The van der Waals surface area contributed by atoms with Crippen molar-refractivity contribution >= 4 is 11.8 Å². The van der Waals surface area contributed by atoms with E-state index in [1.807, 2.05) is 25.8 Å². The Morgan fingerprint density at radius 3 is 2.50 bits per heavy atom. The number of likely N-dealkylation sites (tertiary alicyclic amines) is 1. The van der Waals surface area contributed by atoms with Crippen LogP contribution in [0.2, 0.25) is 0 Å². The van der Waals surface area contributed by atoms with Gasteiger partial charge < -0.3 is 5.32 Å². The topological polar surface area (TPSA) is 81.7 Å². The lowest BCUT2D eigenvalue weighted by Crippen LogP contribution is -2.58. The van der Waals surface area contributed by atoms with E-state index in [1.54, 1.807) is 5.48 Å². The maximum atomic E-state index is 12.4. The van der Waals surface area contributed by atoms with Crippen molar-refractivity contribution in [3.05, 3.63) is 0 Å². The van der Waals surface area contributed by atoms with Crippen LogP contribution in [0.25, 0.3) is 0 Å². The molecule has 0 radical (unpaired) electrons. The summed E-state index contributed by atoms with van der Waals surface area (Å²) in [7, 11) is 1.89. The maximum absolute atomic E-state index is 12.4. The second-order valence-electron chi connectivity index (χ2n) is 6.79. The molecular weight excluding hydrogens is 258 g/mol. The van der Waals surface area contributed by atoms with Gasteiger partial charge in [-0.25, -0.2) is 5.48 Å². The number of hydrogen-bond donors (Lipinski definition) is 3. The first-order valence-corrected chi connectivity index (χ1v) is 7.30.